The summed E-state index contributed by atoms with van der Waals surface area (Å²) in [5, 5.41) is 9.35. The minimum Gasteiger partial charge on any atom is -0.480 e. The number of carboxylic acid groups (broad SMARTS) is 1. The van der Waals surface area contributed by atoms with E-state index in [1.54, 1.807) is 0 Å². The lowest BCUT2D eigenvalue weighted by Crippen LogP contribution is -2.54. The molecule has 1 N–H and O–H groups in total. The van der Waals surface area contributed by atoms with Crippen LogP contribution in [0.5, 0.6) is 0 Å². The van der Waals surface area contributed by atoms with Gasteiger partial charge in [-0.15, -0.1) is 0 Å². The number of aliphatic carboxylic acids is 1. The van der Waals surface area contributed by atoms with Crippen LogP contribution in [0.25, 0.3) is 0 Å². The predicted octanol–water partition coefficient (Wildman–Crippen LogP) is 3.14. The third-order valence-electron chi connectivity index (χ3n) is 4.25. The van der Waals surface area contributed by atoms with Gasteiger partial charge in [0, 0.05) is 6.04 Å². The summed E-state index contributed by atoms with van der Waals surface area (Å²) in [5.74, 6) is 0.0864. The van der Waals surface area contributed by atoms with Gasteiger partial charge in [0.1, 0.15) is 5.54 Å². The van der Waals surface area contributed by atoms with Crippen molar-refractivity contribution in [2.24, 2.45) is 5.92 Å². The minimum absolute atomic E-state index is 0.441. The van der Waals surface area contributed by atoms with Gasteiger partial charge in [-0.2, -0.15) is 0 Å². The molecule has 1 aliphatic rings. The fourth-order valence-electron chi connectivity index (χ4n) is 3.01. The zero-order chi connectivity index (χ0) is 13.1. The van der Waals surface area contributed by atoms with E-state index < -0.39 is 11.5 Å². The molecule has 100 valence electrons. The van der Waals surface area contributed by atoms with E-state index in [0.717, 1.165) is 25.3 Å². The van der Waals surface area contributed by atoms with Crippen LogP contribution in [0.4, 0.5) is 0 Å². The van der Waals surface area contributed by atoms with E-state index in [2.05, 4.69) is 18.7 Å². The maximum Gasteiger partial charge on any atom is 0.323 e. The van der Waals surface area contributed by atoms with Crippen LogP contribution in [0.2, 0.25) is 0 Å². The van der Waals surface area contributed by atoms with Crippen molar-refractivity contribution in [3.05, 3.63) is 0 Å². The van der Waals surface area contributed by atoms with Crippen molar-refractivity contribution in [1.82, 2.24) is 4.90 Å². The normalized spacial score (nSPS) is 26.9. The second kappa shape index (κ2) is 5.85. The van der Waals surface area contributed by atoms with Crippen LogP contribution >= 0.6 is 0 Å². The standard InChI is InChI=1S/C14H27NO2/c1-5-15(14(3,4)13(16)17)12-8-6-7-11(2)9-10-12/h11-12H,5-10H2,1-4H3,(H,16,17). The van der Waals surface area contributed by atoms with Crippen molar-refractivity contribution >= 4 is 5.97 Å². The van der Waals surface area contributed by atoms with Crippen molar-refractivity contribution in [1.29, 1.82) is 0 Å². The molecule has 3 heteroatoms. The predicted molar refractivity (Wildman–Crippen MR) is 70.1 cm³/mol. The molecule has 0 saturated heterocycles. The van der Waals surface area contributed by atoms with Crippen LogP contribution in [-0.2, 0) is 4.79 Å². The zero-order valence-electron chi connectivity index (χ0n) is 11.7. The summed E-state index contributed by atoms with van der Waals surface area (Å²) >= 11 is 0. The largest absolute Gasteiger partial charge is 0.480 e. The van der Waals surface area contributed by atoms with Gasteiger partial charge in [-0.05, 0) is 45.6 Å². The molecular weight excluding hydrogens is 214 g/mol. The highest BCUT2D eigenvalue weighted by Crippen LogP contribution is 2.29. The molecule has 0 bridgehead atoms. The molecule has 17 heavy (non-hydrogen) atoms. The molecule has 3 nitrogen and oxygen atoms in total. The third-order valence-corrected chi connectivity index (χ3v) is 4.25. The van der Waals surface area contributed by atoms with E-state index in [1.807, 2.05) is 13.8 Å². The Morgan fingerprint density at radius 2 is 1.94 bits per heavy atom. The van der Waals surface area contributed by atoms with E-state index in [0.29, 0.717) is 6.04 Å². The molecule has 0 amide bonds. The molecule has 0 aromatic heterocycles. The number of carboxylic acids is 1. The number of nitrogens with zero attached hydrogens (tertiary/aromatic N) is 1. The first kappa shape index (κ1) is 14.5. The average molecular weight is 241 g/mol. The van der Waals surface area contributed by atoms with Crippen molar-refractivity contribution in [3.8, 4) is 0 Å². The second-order valence-electron chi connectivity index (χ2n) is 5.92. The monoisotopic (exact) mass is 241 g/mol. The second-order valence-corrected chi connectivity index (χ2v) is 5.92. The lowest BCUT2D eigenvalue weighted by atomic mass is 9.96. The van der Waals surface area contributed by atoms with Gasteiger partial charge >= 0.3 is 5.97 Å². The highest BCUT2D eigenvalue weighted by molar-refractivity contribution is 5.77. The Labute approximate surface area is 105 Å². The molecular formula is C14H27NO2. The molecule has 1 saturated carbocycles. The van der Waals surface area contributed by atoms with Crippen LogP contribution in [-0.4, -0.2) is 34.1 Å². The van der Waals surface area contributed by atoms with Gasteiger partial charge in [-0.3, -0.25) is 9.69 Å². The van der Waals surface area contributed by atoms with Crippen molar-refractivity contribution in [2.75, 3.05) is 6.54 Å². The van der Waals surface area contributed by atoms with Crippen LogP contribution in [0, 0.1) is 5.92 Å². The van der Waals surface area contributed by atoms with Gasteiger partial charge < -0.3 is 5.11 Å². The molecule has 0 radical (unpaired) electrons. The smallest absolute Gasteiger partial charge is 0.323 e. The zero-order valence-corrected chi connectivity index (χ0v) is 11.7. The molecule has 0 aromatic carbocycles. The minimum atomic E-state index is -0.743. The number of carbonyl (C=O) groups is 1. The molecule has 0 aliphatic heterocycles. The number of hydrogen-bond donors (Lipinski definition) is 1. The first-order chi connectivity index (χ1) is 7.89. The maximum atomic E-state index is 11.4. The van der Waals surface area contributed by atoms with Gasteiger partial charge in [0.05, 0.1) is 0 Å². The van der Waals surface area contributed by atoms with E-state index in [4.69, 9.17) is 0 Å². The lowest BCUT2D eigenvalue weighted by Gasteiger charge is -2.40. The van der Waals surface area contributed by atoms with Gasteiger partial charge in [-0.25, -0.2) is 0 Å². The molecule has 1 fully saturated rings. The Morgan fingerprint density at radius 1 is 1.29 bits per heavy atom. The first-order valence-electron chi connectivity index (χ1n) is 6.89. The van der Waals surface area contributed by atoms with Gasteiger partial charge in [0.2, 0.25) is 0 Å². The molecule has 2 unspecified atom stereocenters. The first-order valence-corrected chi connectivity index (χ1v) is 6.89. The fraction of sp³-hybridized carbons (Fsp3) is 0.929. The Hall–Kier alpha value is -0.570. The fourth-order valence-corrected chi connectivity index (χ4v) is 3.01. The van der Waals surface area contributed by atoms with Crippen molar-refractivity contribution in [3.63, 3.8) is 0 Å². The highest BCUT2D eigenvalue weighted by Gasteiger charge is 2.38. The number of likely N-dealkylation sites (N-methyl/N-ethyl adjacent to an activating group) is 1. The van der Waals surface area contributed by atoms with Gasteiger partial charge in [0.15, 0.2) is 0 Å². The van der Waals surface area contributed by atoms with E-state index in [9.17, 15) is 9.90 Å². The molecule has 0 spiro atoms. The summed E-state index contributed by atoms with van der Waals surface area (Å²) in [5.41, 5.74) is -0.743. The van der Waals surface area contributed by atoms with E-state index >= 15 is 0 Å². The average Bonchev–Trinajstić information content (AvgIpc) is 2.44. The molecule has 0 aromatic rings. The van der Waals surface area contributed by atoms with Crippen molar-refractivity contribution < 1.29 is 9.90 Å². The Morgan fingerprint density at radius 3 is 2.47 bits per heavy atom. The molecule has 1 aliphatic carbocycles. The van der Waals surface area contributed by atoms with E-state index in [-0.39, 0.29) is 0 Å². The Kier molecular flexibility index (Phi) is 4.99. The number of rotatable bonds is 4. The summed E-state index contributed by atoms with van der Waals surface area (Å²) in [4.78, 5) is 13.5. The lowest BCUT2D eigenvalue weighted by molar-refractivity contribution is -0.151. The van der Waals surface area contributed by atoms with Crippen LogP contribution in [0.15, 0.2) is 0 Å². The summed E-state index contributed by atoms with van der Waals surface area (Å²) in [7, 11) is 0. The van der Waals surface area contributed by atoms with Crippen LogP contribution in [0.1, 0.15) is 59.8 Å². The topological polar surface area (TPSA) is 40.5 Å². The van der Waals surface area contributed by atoms with Gasteiger partial charge in [-0.1, -0.05) is 26.7 Å². The summed E-state index contributed by atoms with van der Waals surface area (Å²) in [6.07, 6.45) is 6.05. The van der Waals surface area contributed by atoms with E-state index in [1.165, 1.54) is 19.3 Å². The van der Waals surface area contributed by atoms with Gasteiger partial charge in [0.25, 0.3) is 0 Å². The van der Waals surface area contributed by atoms with Crippen LogP contribution in [0.3, 0.4) is 0 Å². The maximum absolute atomic E-state index is 11.4. The highest BCUT2D eigenvalue weighted by atomic mass is 16.4. The summed E-state index contributed by atoms with van der Waals surface area (Å²) in [6.45, 7) is 8.85. The quantitative estimate of drug-likeness (QED) is 0.769. The summed E-state index contributed by atoms with van der Waals surface area (Å²) < 4.78 is 0. The number of hydrogen-bond acceptors (Lipinski definition) is 2. The SMILES string of the molecule is CCN(C1CCCC(C)CC1)C(C)(C)C(=O)O. The van der Waals surface area contributed by atoms with Crippen molar-refractivity contribution in [2.45, 2.75) is 71.4 Å². The molecule has 0 heterocycles. The Bertz CT molecular complexity index is 263. The Balaban J connectivity index is 2.76. The van der Waals surface area contributed by atoms with Crippen LogP contribution < -0.4 is 0 Å². The molecule has 1 rings (SSSR count). The third kappa shape index (κ3) is 3.44. The molecule has 2 atom stereocenters. The summed E-state index contributed by atoms with van der Waals surface area (Å²) in [6, 6.07) is 0.441.